The van der Waals surface area contributed by atoms with E-state index >= 15 is 0 Å². The molecular formula is C10H8N2OS. The van der Waals surface area contributed by atoms with Gasteiger partial charge in [-0.25, -0.2) is 0 Å². The number of carbonyl (C=O) groups excluding carboxylic acids is 1. The molecule has 0 atom stereocenters. The SMILES string of the molecule is NC(=O)c1csc(-c2cccnc2)c1. The molecule has 0 bridgehead atoms. The lowest BCUT2D eigenvalue weighted by Crippen LogP contribution is -2.08. The maximum absolute atomic E-state index is 10.9. The Hall–Kier alpha value is -1.68. The summed E-state index contributed by atoms with van der Waals surface area (Å²) in [5.41, 5.74) is 6.71. The van der Waals surface area contributed by atoms with Gasteiger partial charge in [-0.3, -0.25) is 9.78 Å². The van der Waals surface area contributed by atoms with Gasteiger partial charge >= 0.3 is 0 Å². The third-order valence-electron chi connectivity index (χ3n) is 1.83. The van der Waals surface area contributed by atoms with Gasteiger partial charge in [0.2, 0.25) is 5.91 Å². The number of pyridine rings is 1. The van der Waals surface area contributed by atoms with Gasteiger partial charge in [0.1, 0.15) is 0 Å². The molecule has 1 amide bonds. The number of primary amides is 1. The highest BCUT2D eigenvalue weighted by Crippen LogP contribution is 2.25. The summed E-state index contributed by atoms with van der Waals surface area (Å²) >= 11 is 1.49. The maximum Gasteiger partial charge on any atom is 0.249 e. The van der Waals surface area contributed by atoms with Gasteiger partial charge in [-0.1, -0.05) is 6.07 Å². The quantitative estimate of drug-likeness (QED) is 0.812. The molecule has 0 unspecified atom stereocenters. The summed E-state index contributed by atoms with van der Waals surface area (Å²) in [5.74, 6) is -0.392. The molecule has 0 saturated heterocycles. The Morgan fingerprint density at radius 3 is 2.93 bits per heavy atom. The van der Waals surface area contributed by atoms with Crippen molar-refractivity contribution in [2.75, 3.05) is 0 Å². The van der Waals surface area contributed by atoms with Crippen LogP contribution in [-0.4, -0.2) is 10.9 Å². The van der Waals surface area contributed by atoms with E-state index in [0.717, 1.165) is 10.4 Å². The van der Waals surface area contributed by atoms with Crippen molar-refractivity contribution in [3.05, 3.63) is 41.5 Å². The first kappa shape index (κ1) is 8.90. The Morgan fingerprint density at radius 1 is 1.50 bits per heavy atom. The molecule has 0 aliphatic rings. The molecule has 3 nitrogen and oxygen atoms in total. The monoisotopic (exact) mass is 204 g/mol. The van der Waals surface area contributed by atoms with Crippen molar-refractivity contribution in [3.8, 4) is 10.4 Å². The lowest BCUT2D eigenvalue weighted by atomic mass is 10.2. The molecule has 0 aliphatic heterocycles. The third kappa shape index (κ3) is 1.65. The molecule has 4 heteroatoms. The van der Waals surface area contributed by atoms with Crippen LogP contribution >= 0.6 is 11.3 Å². The minimum atomic E-state index is -0.392. The van der Waals surface area contributed by atoms with Crippen molar-refractivity contribution in [1.82, 2.24) is 4.98 Å². The van der Waals surface area contributed by atoms with Crippen LogP contribution in [0.5, 0.6) is 0 Å². The second kappa shape index (κ2) is 3.59. The van der Waals surface area contributed by atoms with Gasteiger partial charge in [-0.05, 0) is 12.1 Å². The molecule has 0 saturated carbocycles. The smallest absolute Gasteiger partial charge is 0.249 e. The second-order valence-electron chi connectivity index (χ2n) is 2.81. The Kier molecular flexibility index (Phi) is 2.28. The average Bonchev–Trinajstić information content (AvgIpc) is 2.68. The minimum Gasteiger partial charge on any atom is -0.366 e. The molecule has 14 heavy (non-hydrogen) atoms. The van der Waals surface area contributed by atoms with Gasteiger partial charge < -0.3 is 5.73 Å². The van der Waals surface area contributed by atoms with E-state index in [1.165, 1.54) is 11.3 Å². The van der Waals surface area contributed by atoms with E-state index in [0.29, 0.717) is 5.56 Å². The summed E-state index contributed by atoms with van der Waals surface area (Å²) < 4.78 is 0. The van der Waals surface area contributed by atoms with Crippen molar-refractivity contribution >= 4 is 17.2 Å². The third-order valence-corrected chi connectivity index (χ3v) is 2.81. The lowest BCUT2D eigenvalue weighted by Gasteiger charge is -1.93. The molecule has 70 valence electrons. The van der Waals surface area contributed by atoms with Gasteiger partial charge in [-0.2, -0.15) is 0 Å². The highest BCUT2D eigenvalue weighted by molar-refractivity contribution is 7.13. The Labute approximate surface area is 85.2 Å². The summed E-state index contributed by atoms with van der Waals surface area (Å²) in [4.78, 5) is 15.9. The Bertz CT molecular complexity index is 450. The van der Waals surface area contributed by atoms with Crippen LogP contribution in [0.15, 0.2) is 36.0 Å². The van der Waals surface area contributed by atoms with Crippen molar-refractivity contribution in [2.24, 2.45) is 5.73 Å². The molecule has 2 N–H and O–H groups in total. The largest absolute Gasteiger partial charge is 0.366 e. The highest BCUT2D eigenvalue weighted by atomic mass is 32.1. The first-order valence-electron chi connectivity index (χ1n) is 4.06. The van der Waals surface area contributed by atoms with Crippen molar-refractivity contribution in [2.45, 2.75) is 0 Å². The van der Waals surface area contributed by atoms with Gasteiger partial charge in [0, 0.05) is 28.2 Å². The fraction of sp³-hybridized carbons (Fsp3) is 0. The number of nitrogens with two attached hydrogens (primary N) is 1. The number of carbonyl (C=O) groups is 1. The number of nitrogens with zero attached hydrogens (tertiary/aromatic N) is 1. The van der Waals surface area contributed by atoms with E-state index in [4.69, 9.17) is 5.73 Å². The van der Waals surface area contributed by atoms with Gasteiger partial charge in [0.25, 0.3) is 0 Å². The summed E-state index contributed by atoms with van der Waals surface area (Å²) in [5, 5.41) is 1.75. The predicted molar refractivity (Wildman–Crippen MR) is 56.1 cm³/mol. The average molecular weight is 204 g/mol. The number of amides is 1. The van der Waals surface area contributed by atoms with Crippen LogP contribution in [-0.2, 0) is 0 Å². The van der Waals surface area contributed by atoms with Crippen molar-refractivity contribution in [3.63, 3.8) is 0 Å². The minimum absolute atomic E-state index is 0.392. The summed E-state index contributed by atoms with van der Waals surface area (Å²) in [6.07, 6.45) is 3.47. The maximum atomic E-state index is 10.9. The fourth-order valence-electron chi connectivity index (χ4n) is 1.13. The molecule has 0 aliphatic carbocycles. The van der Waals surface area contributed by atoms with E-state index in [1.807, 2.05) is 12.1 Å². The van der Waals surface area contributed by atoms with E-state index in [1.54, 1.807) is 23.8 Å². The molecular weight excluding hydrogens is 196 g/mol. The number of hydrogen-bond donors (Lipinski definition) is 1. The van der Waals surface area contributed by atoms with Crippen LogP contribution in [0.1, 0.15) is 10.4 Å². The summed E-state index contributed by atoms with van der Waals surface area (Å²) in [6.45, 7) is 0. The zero-order chi connectivity index (χ0) is 9.97. The standard InChI is InChI=1S/C10H8N2OS/c11-10(13)8-4-9(14-6-8)7-2-1-3-12-5-7/h1-6H,(H2,11,13). The van der Waals surface area contributed by atoms with Crippen LogP contribution in [0, 0.1) is 0 Å². The molecule has 0 spiro atoms. The molecule has 2 heterocycles. The Morgan fingerprint density at radius 2 is 2.36 bits per heavy atom. The molecule has 2 rings (SSSR count). The van der Waals surface area contributed by atoms with Crippen LogP contribution < -0.4 is 5.73 Å². The summed E-state index contributed by atoms with van der Waals surface area (Å²) in [6, 6.07) is 5.59. The van der Waals surface area contributed by atoms with Crippen molar-refractivity contribution in [1.29, 1.82) is 0 Å². The first-order chi connectivity index (χ1) is 6.77. The van der Waals surface area contributed by atoms with E-state index in [-0.39, 0.29) is 0 Å². The van der Waals surface area contributed by atoms with Gasteiger partial charge in [-0.15, -0.1) is 11.3 Å². The normalized spacial score (nSPS) is 10.0. The van der Waals surface area contributed by atoms with E-state index in [9.17, 15) is 4.79 Å². The number of hydrogen-bond acceptors (Lipinski definition) is 3. The van der Waals surface area contributed by atoms with Crippen LogP contribution in [0.25, 0.3) is 10.4 Å². The summed E-state index contributed by atoms with van der Waals surface area (Å²) in [7, 11) is 0. The Balaban J connectivity index is 2.39. The number of aromatic nitrogens is 1. The predicted octanol–water partition coefficient (Wildman–Crippen LogP) is 1.91. The number of rotatable bonds is 2. The zero-order valence-electron chi connectivity index (χ0n) is 7.31. The molecule has 0 aromatic carbocycles. The lowest BCUT2D eigenvalue weighted by molar-refractivity contribution is 0.100. The van der Waals surface area contributed by atoms with E-state index in [2.05, 4.69) is 4.98 Å². The molecule has 2 aromatic rings. The van der Waals surface area contributed by atoms with E-state index < -0.39 is 5.91 Å². The van der Waals surface area contributed by atoms with Crippen LogP contribution in [0.3, 0.4) is 0 Å². The van der Waals surface area contributed by atoms with Crippen LogP contribution in [0.2, 0.25) is 0 Å². The zero-order valence-corrected chi connectivity index (χ0v) is 8.12. The topological polar surface area (TPSA) is 56.0 Å². The van der Waals surface area contributed by atoms with Crippen molar-refractivity contribution < 1.29 is 4.79 Å². The molecule has 2 aromatic heterocycles. The fourth-order valence-corrected chi connectivity index (χ4v) is 2.02. The highest BCUT2D eigenvalue weighted by Gasteiger charge is 2.05. The molecule has 0 radical (unpaired) electrons. The van der Waals surface area contributed by atoms with Crippen LogP contribution in [0.4, 0.5) is 0 Å². The van der Waals surface area contributed by atoms with Gasteiger partial charge in [0.15, 0.2) is 0 Å². The van der Waals surface area contributed by atoms with Gasteiger partial charge in [0.05, 0.1) is 5.56 Å². The first-order valence-corrected chi connectivity index (χ1v) is 4.94. The molecule has 0 fully saturated rings. The number of thiophene rings is 1. The second-order valence-corrected chi connectivity index (χ2v) is 3.72.